The largest absolute Gasteiger partial charge is 0.441 e. The second-order valence-corrected chi connectivity index (χ2v) is 12.5. The first-order valence-corrected chi connectivity index (χ1v) is 15.6. The normalized spacial score (nSPS) is 16.9. The molecule has 2 aromatic heterocycles. The van der Waals surface area contributed by atoms with Crippen LogP contribution in [0.1, 0.15) is 74.1 Å². The van der Waals surface area contributed by atoms with Crippen LogP contribution in [-0.2, 0) is 25.9 Å². The number of hydrogen-bond donors (Lipinski definition) is 0. The fourth-order valence-electron chi connectivity index (χ4n) is 5.92. The lowest BCUT2D eigenvalue weighted by Crippen LogP contribution is -2.29. The lowest BCUT2D eigenvalue weighted by molar-refractivity contribution is -0.0475. The average molecular weight is 672 g/mol. The summed E-state index contributed by atoms with van der Waals surface area (Å²) in [5.41, 5.74) is 0.559. The standard InChI is InChI=1S/C16H16ClF3N2O2.C15H16ClFN2O2/c17-12-2-1-3-13(18)11(12)8-14-21-24-15(23)22(14)9-10-4-6-16(19,20)7-5-10;16-12-6-3-7-13(17)11(12)8-14-18-21-15(20)19(14)9-10-4-1-2-5-10/h1-3,10H,4-9H2;3,6-7,10H,1-2,4-5,8-9H2. The highest BCUT2D eigenvalue weighted by molar-refractivity contribution is 6.31. The maximum Gasteiger partial charge on any atom is 0.441 e. The Morgan fingerprint density at radius 3 is 1.58 bits per heavy atom. The van der Waals surface area contributed by atoms with Gasteiger partial charge in [0.2, 0.25) is 5.92 Å². The van der Waals surface area contributed by atoms with E-state index in [0.717, 1.165) is 12.8 Å². The van der Waals surface area contributed by atoms with Crippen molar-refractivity contribution in [1.29, 1.82) is 0 Å². The van der Waals surface area contributed by atoms with Gasteiger partial charge in [-0.15, -0.1) is 0 Å². The van der Waals surface area contributed by atoms with Crippen molar-refractivity contribution in [3.8, 4) is 0 Å². The molecule has 2 aliphatic rings. The molecule has 0 spiro atoms. The van der Waals surface area contributed by atoms with Crippen molar-refractivity contribution in [3.05, 3.63) is 102 Å². The zero-order chi connectivity index (χ0) is 32.1. The lowest BCUT2D eigenvalue weighted by atomic mass is 9.86. The van der Waals surface area contributed by atoms with Crippen molar-refractivity contribution in [3.63, 3.8) is 0 Å². The van der Waals surface area contributed by atoms with Crippen LogP contribution in [0.3, 0.4) is 0 Å². The molecule has 0 amide bonds. The van der Waals surface area contributed by atoms with E-state index in [-0.39, 0.29) is 54.6 Å². The highest BCUT2D eigenvalue weighted by Gasteiger charge is 2.35. The molecule has 45 heavy (non-hydrogen) atoms. The zero-order valence-electron chi connectivity index (χ0n) is 24.3. The zero-order valence-corrected chi connectivity index (χ0v) is 25.8. The Balaban J connectivity index is 0.000000179. The highest BCUT2D eigenvalue weighted by Crippen LogP contribution is 2.37. The predicted octanol–water partition coefficient (Wildman–Crippen LogP) is 7.45. The van der Waals surface area contributed by atoms with Crippen molar-refractivity contribution in [2.45, 2.75) is 83.2 Å². The summed E-state index contributed by atoms with van der Waals surface area (Å²) in [5.74, 6) is -3.59. The summed E-state index contributed by atoms with van der Waals surface area (Å²) in [6.45, 7) is 0.823. The number of hydrogen-bond acceptors (Lipinski definition) is 6. The summed E-state index contributed by atoms with van der Waals surface area (Å²) >= 11 is 12.0. The number of halogens is 6. The SMILES string of the molecule is O=c1onc(Cc2c(F)cccc2Cl)n1CC1CCC(F)(F)CC1.O=c1onc(Cc2c(F)cccc2Cl)n1CC1CCCC1. The molecule has 0 saturated heterocycles. The molecule has 6 rings (SSSR count). The fraction of sp³-hybridized carbons (Fsp3) is 0.484. The quantitative estimate of drug-likeness (QED) is 0.181. The van der Waals surface area contributed by atoms with E-state index < -0.39 is 29.1 Å². The molecule has 242 valence electrons. The first kappa shape index (κ1) is 33.0. The number of benzene rings is 2. The number of aromatic nitrogens is 4. The molecule has 2 saturated carbocycles. The molecular formula is C31H32Cl2F4N4O4. The van der Waals surface area contributed by atoms with E-state index in [1.807, 2.05) is 0 Å². The van der Waals surface area contributed by atoms with E-state index >= 15 is 0 Å². The van der Waals surface area contributed by atoms with E-state index in [2.05, 4.69) is 14.8 Å². The van der Waals surface area contributed by atoms with Crippen LogP contribution >= 0.6 is 23.2 Å². The molecule has 0 aliphatic heterocycles. The highest BCUT2D eigenvalue weighted by atomic mass is 35.5. The second-order valence-electron chi connectivity index (χ2n) is 11.7. The third kappa shape index (κ3) is 8.26. The van der Waals surface area contributed by atoms with Gasteiger partial charge in [-0.2, -0.15) is 0 Å². The maximum atomic E-state index is 13.9. The van der Waals surface area contributed by atoms with Crippen LogP contribution in [0.15, 0.2) is 55.0 Å². The smallest absolute Gasteiger partial charge is 0.296 e. The van der Waals surface area contributed by atoms with Crippen molar-refractivity contribution in [2.75, 3.05) is 0 Å². The van der Waals surface area contributed by atoms with Gasteiger partial charge in [0.1, 0.15) is 11.6 Å². The Bertz CT molecular complexity index is 1680. The molecule has 0 N–H and O–H groups in total. The average Bonchev–Trinajstić information content (AvgIpc) is 3.73. The molecular weight excluding hydrogens is 639 g/mol. The monoisotopic (exact) mass is 670 g/mol. The minimum Gasteiger partial charge on any atom is -0.296 e. The van der Waals surface area contributed by atoms with Crippen LogP contribution in [0.5, 0.6) is 0 Å². The Hall–Kier alpha value is -3.38. The van der Waals surface area contributed by atoms with E-state index in [9.17, 15) is 27.2 Å². The van der Waals surface area contributed by atoms with Gasteiger partial charge >= 0.3 is 11.5 Å². The summed E-state index contributed by atoms with van der Waals surface area (Å²) < 4.78 is 66.5. The van der Waals surface area contributed by atoms with Crippen LogP contribution in [0.25, 0.3) is 0 Å². The van der Waals surface area contributed by atoms with Crippen molar-refractivity contribution >= 4 is 23.2 Å². The lowest BCUT2D eigenvalue weighted by Gasteiger charge is -2.28. The van der Waals surface area contributed by atoms with E-state index in [1.165, 1.54) is 40.2 Å². The molecule has 2 fully saturated rings. The summed E-state index contributed by atoms with van der Waals surface area (Å²) in [6, 6.07) is 8.83. The number of alkyl halides is 2. The van der Waals surface area contributed by atoms with Crippen molar-refractivity contribution in [1.82, 2.24) is 19.4 Å². The van der Waals surface area contributed by atoms with Crippen molar-refractivity contribution in [2.24, 2.45) is 11.8 Å². The molecule has 2 aliphatic carbocycles. The summed E-state index contributed by atoms with van der Waals surface area (Å²) in [6.07, 6.45) is 5.03. The molecule has 0 bridgehead atoms. The van der Waals surface area contributed by atoms with Crippen LogP contribution in [-0.4, -0.2) is 25.4 Å². The van der Waals surface area contributed by atoms with E-state index in [0.29, 0.717) is 41.7 Å². The minimum absolute atomic E-state index is 0.000125. The molecule has 2 aromatic carbocycles. The van der Waals surface area contributed by atoms with Crippen LogP contribution in [0.4, 0.5) is 17.6 Å². The Labute approximate surface area is 265 Å². The molecule has 2 heterocycles. The first-order chi connectivity index (χ1) is 21.5. The minimum atomic E-state index is -2.63. The Morgan fingerprint density at radius 1 is 0.733 bits per heavy atom. The van der Waals surface area contributed by atoms with Crippen LogP contribution in [0.2, 0.25) is 10.0 Å². The van der Waals surface area contributed by atoms with Gasteiger partial charge in [-0.1, -0.05) is 58.5 Å². The van der Waals surface area contributed by atoms with E-state index in [1.54, 1.807) is 18.2 Å². The Kier molecular flexibility index (Phi) is 10.5. The molecule has 0 radical (unpaired) electrons. The van der Waals surface area contributed by atoms with Gasteiger partial charge in [-0.3, -0.25) is 18.2 Å². The summed E-state index contributed by atoms with van der Waals surface area (Å²) in [4.78, 5) is 23.7. The third-order valence-electron chi connectivity index (χ3n) is 8.51. The second kappa shape index (κ2) is 14.4. The van der Waals surface area contributed by atoms with Gasteiger partial charge in [-0.05, 0) is 61.8 Å². The van der Waals surface area contributed by atoms with Gasteiger partial charge in [-0.25, -0.2) is 27.2 Å². The maximum absolute atomic E-state index is 13.9. The Morgan fingerprint density at radius 2 is 1.16 bits per heavy atom. The van der Waals surface area contributed by atoms with Crippen LogP contribution in [0, 0.1) is 23.5 Å². The van der Waals surface area contributed by atoms with Gasteiger partial charge in [0.05, 0.1) is 0 Å². The van der Waals surface area contributed by atoms with Gasteiger partial charge in [0.15, 0.2) is 11.6 Å². The van der Waals surface area contributed by atoms with Crippen LogP contribution < -0.4 is 11.5 Å². The number of rotatable bonds is 8. The van der Waals surface area contributed by atoms with Crippen molar-refractivity contribution < 1.29 is 26.6 Å². The summed E-state index contributed by atoms with van der Waals surface area (Å²) in [7, 11) is 0. The number of nitrogens with zero attached hydrogens (tertiary/aromatic N) is 4. The molecule has 0 unspecified atom stereocenters. The first-order valence-electron chi connectivity index (χ1n) is 14.8. The molecule has 8 nitrogen and oxygen atoms in total. The topological polar surface area (TPSA) is 96.1 Å². The fourth-order valence-corrected chi connectivity index (χ4v) is 6.38. The molecule has 4 aromatic rings. The molecule has 14 heteroatoms. The summed E-state index contributed by atoms with van der Waals surface area (Å²) in [5, 5.41) is 8.04. The van der Waals surface area contributed by atoms with Gasteiger partial charge < -0.3 is 0 Å². The molecule has 0 atom stereocenters. The predicted molar refractivity (Wildman–Crippen MR) is 159 cm³/mol. The van der Waals surface area contributed by atoms with E-state index in [4.69, 9.17) is 27.7 Å². The van der Waals surface area contributed by atoms with Gasteiger partial charge in [0.25, 0.3) is 0 Å². The third-order valence-corrected chi connectivity index (χ3v) is 9.22. The van der Waals surface area contributed by atoms with Gasteiger partial charge in [0, 0.05) is 59.9 Å².